The Morgan fingerprint density at radius 2 is 1.49 bits per heavy atom. The van der Waals surface area contributed by atoms with Crippen LogP contribution in [-0.4, -0.2) is 56.6 Å². The molecule has 8 heteroatoms. The molecule has 0 radical (unpaired) electrons. The Balaban J connectivity index is 1.37. The van der Waals surface area contributed by atoms with Gasteiger partial charge in [0.25, 0.3) is 0 Å². The Labute approximate surface area is 258 Å². The van der Waals surface area contributed by atoms with Crippen molar-refractivity contribution in [2.45, 2.75) is 96.1 Å². The highest BCUT2D eigenvalue weighted by molar-refractivity contribution is 7.92. The van der Waals surface area contributed by atoms with Crippen LogP contribution in [0.5, 0.6) is 0 Å². The van der Waals surface area contributed by atoms with Crippen molar-refractivity contribution in [3.63, 3.8) is 0 Å². The topological polar surface area (TPSA) is 86.8 Å². The van der Waals surface area contributed by atoms with Gasteiger partial charge < -0.3 is 10.2 Å². The minimum Gasteiger partial charge on any atom is -0.352 e. The lowest BCUT2D eigenvalue weighted by Crippen LogP contribution is -2.54. The summed E-state index contributed by atoms with van der Waals surface area (Å²) in [6, 6.07) is 17.1. The molecule has 4 fully saturated rings. The molecule has 4 aliphatic rings. The normalized spacial score (nSPS) is 25.6. The molecule has 1 N–H and O–H groups in total. The number of nitrogens with one attached hydrogen (secondary N) is 1. The van der Waals surface area contributed by atoms with Gasteiger partial charge in [-0.25, -0.2) is 8.42 Å². The van der Waals surface area contributed by atoms with Crippen LogP contribution >= 0.6 is 0 Å². The molecule has 7 nitrogen and oxygen atoms in total. The zero-order chi connectivity index (χ0) is 30.8. The van der Waals surface area contributed by atoms with E-state index in [9.17, 15) is 18.0 Å². The molecule has 2 aromatic rings. The molecule has 0 saturated heterocycles. The van der Waals surface area contributed by atoms with E-state index in [0.717, 1.165) is 36.0 Å². The number of hydrogen-bond acceptors (Lipinski definition) is 4. The molecule has 0 aliphatic heterocycles. The van der Waals surface area contributed by atoms with Crippen LogP contribution in [0.2, 0.25) is 0 Å². The Kier molecular flexibility index (Phi) is 9.55. The quantitative estimate of drug-likeness (QED) is 0.317. The number of nitrogens with zero attached hydrogens (tertiary/aromatic N) is 2. The monoisotopic (exact) mass is 607 g/mol. The van der Waals surface area contributed by atoms with Crippen molar-refractivity contribution in [2.24, 2.45) is 17.8 Å². The van der Waals surface area contributed by atoms with Gasteiger partial charge in [0, 0.05) is 12.6 Å². The van der Waals surface area contributed by atoms with Crippen molar-refractivity contribution >= 4 is 27.5 Å². The van der Waals surface area contributed by atoms with Crippen molar-refractivity contribution in [3.05, 3.63) is 65.7 Å². The van der Waals surface area contributed by atoms with Crippen LogP contribution in [-0.2, 0) is 31.4 Å². The van der Waals surface area contributed by atoms with Crippen molar-refractivity contribution in [3.8, 4) is 0 Å². The summed E-state index contributed by atoms with van der Waals surface area (Å²) in [5.41, 5.74) is 3.07. The summed E-state index contributed by atoms with van der Waals surface area (Å²) in [6.07, 6.45) is 10.7. The predicted octanol–water partition coefficient (Wildman–Crippen LogP) is 5.69. The molecular weight excluding hydrogens is 558 g/mol. The van der Waals surface area contributed by atoms with Gasteiger partial charge in [0.05, 0.1) is 11.9 Å². The zero-order valence-corrected chi connectivity index (χ0v) is 27.1. The van der Waals surface area contributed by atoms with E-state index in [1.54, 1.807) is 4.90 Å². The summed E-state index contributed by atoms with van der Waals surface area (Å²) in [5, 5.41) is 3.03. The van der Waals surface area contributed by atoms with Crippen molar-refractivity contribution < 1.29 is 18.0 Å². The second-order valence-electron chi connectivity index (χ2n) is 13.6. The molecule has 2 amide bonds. The molecule has 4 saturated carbocycles. The number of amides is 2. The van der Waals surface area contributed by atoms with E-state index >= 15 is 0 Å². The van der Waals surface area contributed by atoms with Crippen molar-refractivity contribution in [1.82, 2.24) is 10.2 Å². The first kappa shape index (κ1) is 31.6. The first-order valence-corrected chi connectivity index (χ1v) is 18.1. The summed E-state index contributed by atoms with van der Waals surface area (Å²) < 4.78 is 27.4. The van der Waals surface area contributed by atoms with Crippen molar-refractivity contribution in [2.75, 3.05) is 23.7 Å². The Bertz CT molecular complexity index is 1340. The molecule has 0 unspecified atom stereocenters. The van der Waals surface area contributed by atoms with Gasteiger partial charge in [-0.15, -0.1) is 0 Å². The standard InChI is InChI=1S/C35H49N3O4S/c1-5-25(3)36-34(40)32(6-2)37(17-16-26-10-8-7-9-11-26)33(39)24-38(43(4,41)42)31-14-12-30(13-15-31)35-21-27-18-28(22-35)20-29(19-27)23-35/h7-15,25,27-29,32H,5-6,16-24H2,1-4H3,(H,36,40)/t25-,27?,28?,29?,32+,35?/m1/s1. The Morgan fingerprint density at radius 3 is 2.00 bits per heavy atom. The molecule has 234 valence electrons. The lowest BCUT2D eigenvalue weighted by molar-refractivity contribution is -0.139. The van der Waals surface area contributed by atoms with E-state index in [-0.39, 0.29) is 29.8 Å². The van der Waals surface area contributed by atoms with Gasteiger partial charge in [0.15, 0.2) is 0 Å². The Morgan fingerprint density at radius 1 is 0.907 bits per heavy atom. The number of hydrogen-bond donors (Lipinski definition) is 1. The molecule has 6 rings (SSSR count). The number of carbonyl (C=O) groups is 2. The lowest BCUT2D eigenvalue weighted by Gasteiger charge is -2.57. The van der Waals surface area contributed by atoms with E-state index in [1.165, 1.54) is 48.4 Å². The molecule has 2 aromatic carbocycles. The fourth-order valence-corrected chi connectivity index (χ4v) is 9.25. The van der Waals surface area contributed by atoms with E-state index in [0.29, 0.717) is 25.1 Å². The van der Waals surface area contributed by atoms with Gasteiger partial charge >= 0.3 is 0 Å². The van der Waals surface area contributed by atoms with Crippen LogP contribution in [0.3, 0.4) is 0 Å². The van der Waals surface area contributed by atoms with Crippen LogP contribution in [0.15, 0.2) is 54.6 Å². The summed E-state index contributed by atoms with van der Waals surface area (Å²) in [7, 11) is -3.76. The van der Waals surface area contributed by atoms with Gasteiger partial charge in [-0.05, 0) is 111 Å². The SMILES string of the molecule is CC[C@@H](C)NC(=O)[C@H](CC)N(CCc1ccccc1)C(=O)CN(c1ccc(C23CC4CC(CC(C4)C2)C3)cc1)S(C)(=O)=O. The number of rotatable bonds is 13. The highest BCUT2D eigenvalue weighted by Crippen LogP contribution is 2.60. The van der Waals surface area contributed by atoms with E-state index in [1.807, 2.05) is 63.2 Å². The maximum atomic E-state index is 14.0. The third-order valence-electron chi connectivity index (χ3n) is 10.4. The van der Waals surface area contributed by atoms with E-state index in [2.05, 4.69) is 17.4 Å². The smallest absolute Gasteiger partial charge is 0.244 e. The second kappa shape index (κ2) is 13.0. The minimum absolute atomic E-state index is 0.0207. The average Bonchev–Trinajstić information content (AvgIpc) is 2.97. The molecule has 0 spiro atoms. The maximum absolute atomic E-state index is 14.0. The van der Waals surface area contributed by atoms with Gasteiger partial charge in [0.2, 0.25) is 21.8 Å². The maximum Gasteiger partial charge on any atom is 0.244 e. The summed E-state index contributed by atoms with van der Waals surface area (Å²) in [6.45, 7) is 5.80. The summed E-state index contributed by atoms with van der Waals surface area (Å²) in [4.78, 5) is 28.9. The van der Waals surface area contributed by atoms with E-state index in [4.69, 9.17) is 0 Å². The zero-order valence-electron chi connectivity index (χ0n) is 26.3. The van der Waals surface area contributed by atoms with Crippen LogP contribution in [0.1, 0.15) is 83.3 Å². The largest absolute Gasteiger partial charge is 0.352 e. The van der Waals surface area contributed by atoms with Crippen LogP contribution in [0.25, 0.3) is 0 Å². The summed E-state index contributed by atoms with van der Waals surface area (Å²) >= 11 is 0. The van der Waals surface area contributed by atoms with Crippen LogP contribution in [0, 0.1) is 17.8 Å². The molecule has 43 heavy (non-hydrogen) atoms. The highest BCUT2D eigenvalue weighted by atomic mass is 32.2. The van der Waals surface area contributed by atoms with Crippen LogP contribution < -0.4 is 9.62 Å². The third kappa shape index (κ3) is 7.11. The first-order chi connectivity index (χ1) is 20.5. The fraction of sp³-hybridized carbons (Fsp3) is 0.600. The molecule has 4 bridgehead atoms. The molecular formula is C35H49N3O4S. The minimum atomic E-state index is -3.76. The molecule has 0 aromatic heterocycles. The lowest BCUT2D eigenvalue weighted by atomic mass is 9.48. The number of anilines is 1. The van der Waals surface area contributed by atoms with Crippen LogP contribution in [0.4, 0.5) is 5.69 Å². The van der Waals surface area contributed by atoms with Gasteiger partial charge in [-0.3, -0.25) is 13.9 Å². The summed E-state index contributed by atoms with van der Waals surface area (Å²) in [5.74, 6) is 1.88. The molecule has 2 atom stereocenters. The first-order valence-electron chi connectivity index (χ1n) is 16.2. The van der Waals surface area contributed by atoms with Gasteiger partial charge in [-0.1, -0.05) is 56.3 Å². The molecule has 0 heterocycles. The third-order valence-corrected chi connectivity index (χ3v) is 11.5. The average molecular weight is 608 g/mol. The number of carbonyl (C=O) groups excluding carboxylic acids is 2. The van der Waals surface area contributed by atoms with Gasteiger partial charge in [-0.2, -0.15) is 0 Å². The number of benzene rings is 2. The fourth-order valence-electron chi connectivity index (χ4n) is 8.40. The van der Waals surface area contributed by atoms with Crippen molar-refractivity contribution in [1.29, 1.82) is 0 Å². The van der Waals surface area contributed by atoms with Gasteiger partial charge in [0.1, 0.15) is 12.6 Å². The highest BCUT2D eigenvalue weighted by Gasteiger charge is 2.51. The predicted molar refractivity (Wildman–Crippen MR) is 172 cm³/mol. The second-order valence-corrected chi connectivity index (χ2v) is 15.5. The molecule has 4 aliphatic carbocycles. The number of sulfonamides is 1. The van der Waals surface area contributed by atoms with E-state index < -0.39 is 16.1 Å². The Hall–Kier alpha value is -2.87.